The van der Waals surface area contributed by atoms with Crippen LogP contribution in [0.2, 0.25) is 0 Å². The van der Waals surface area contributed by atoms with Gasteiger partial charge in [0, 0.05) is 13.5 Å². The van der Waals surface area contributed by atoms with E-state index in [4.69, 9.17) is 0 Å². The maximum absolute atomic E-state index is 12.7. The lowest BCUT2D eigenvalue weighted by molar-refractivity contribution is -0.137. The molecule has 0 heterocycles. The van der Waals surface area contributed by atoms with Gasteiger partial charge in [-0.15, -0.1) is 0 Å². The average Bonchev–Trinajstić information content (AvgIpc) is 2.98. The Bertz CT molecular complexity index is 855. The number of likely N-dealkylation sites (N-methyl/N-ethyl adjacent to an activating group) is 1. The summed E-state index contributed by atoms with van der Waals surface area (Å²) < 4.78 is 0. The maximum Gasteiger partial charge on any atom is 0.245 e. The van der Waals surface area contributed by atoms with Gasteiger partial charge in [-0.3, -0.25) is 24.0 Å². The van der Waals surface area contributed by atoms with Crippen LogP contribution in [0.25, 0.3) is 0 Å². The van der Waals surface area contributed by atoms with E-state index in [0.29, 0.717) is 6.42 Å². The third-order valence-corrected chi connectivity index (χ3v) is 7.47. The van der Waals surface area contributed by atoms with E-state index in [1.165, 1.54) is 85.6 Å². The Morgan fingerprint density at radius 3 is 1.43 bits per heavy atom. The molecule has 0 radical (unpaired) electrons. The van der Waals surface area contributed by atoms with Crippen molar-refractivity contribution in [3.63, 3.8) is 0 Å². The number of nitrogens with one attached hydrogen (secondary N) is 5. The minimum absolute atomic E-state index is 0.272. The van der Waals surface area contributed by atoms with E-state index < -0.39 is 66.6 Å². The molecule has 256 valence electrons. The van der Waals surface area contributed by atoms with Crippen LogP contribution in [0.15, 0.2) is 0 Å². The number of rotatable bonds is 25. The molecule has 0 spiro atoms. The van der Waals surface area contributed by atoms with Crippen LogP contribution < -0.4 is 26.6 Å². The molecule has 5 amide bonds. The second-order valence-corrected chi connectivity index (χ2v) is 11.6. The van der Waals surface area contributed by atoms with Gasteiger partial charge in [0.15, 0.2) is 0 Å². The van der Waals surface area contributed by atoms with Gasteiger partial charge in [0.2, 0.25) is 29.5 Å². The number of aliphatic hydroxyl groups is 3. The third kappa shape index (κ3) is 18.1. The van der Waals surface area contributed by atoms with Crippen molar-refractivity contribution < 1.29 is 39.3 Å². The summed E-state index contributed by atoms with van der Waals surface area (Å²) >= 11 is 0. The Morgan fingerprint density at radius 1 is 0.568 bits per heavy atom. The molecule has 13 heteroatoms. The highest BCUT2D eigenvalue weighted by Gasteiger charge is 2.33. The normalized spacial score (nSPS) is 15.2. The molecule has 0 aliphatic carbocycles. The molecule has 0 rings (SSSR count). The van der Waals surface area contributed by atoms with Crippen LogP contribution in [0.4, 0.5) is 0 Å². The van der Waals surface area contributed by atoms with Gasteiger partial charge in [-0.05, 0) is 27.2 Å². The monoisotopic (exact) mass is 629 g/mol. The molecule has 13 nitrogen and oxygen atoms in total. The molecule has 0 saturated heterocycles. The Kier molecular flexibility index (Phi) is 23.0. The summed E-state index contributed by atoms with van der Waals surface area (Å²) in [5, 5.41) is 41.3. The van der Waals surface area contributed by atoms with Crippen molar-refractivity contribution in [2.75, 3.05) is 13.7 Å². The van der Waals surface area contributed by atoms with Gasteiger partial charge in [-0.25, -0.2) is 0 Å². The number of hydrogen-bond acceptors (Lipinski definition) is 8. The summed E-state index contributed by atoms with van der Waals surface area (Å²) in [6, 6.07) is -5.37. The van der Waals surface area contributed by atoms with Crippen LogP contribution >= 0.6 is 0 Å². The molecule has 0 aliphatic rings. The molecular weight excluding hydrogens is 570 g/mol. The van der Waals surface area contributed by atoms with Crippen LogP contribution in [-0.4, -0.2) is 94.9 Å². The zero-order valence-electron chi connectivity index (χ0n) is 27.5. The molecule has 0 bridgehead atoms. The lowest BCUT2D eigenvalue weighted by Gasteiger charge is -2.27. The van der Waals surface area contributed by atoms with Crippen molar-refractivity contribution in [3.8, 4) is 0 Å². The number of hydrogen-bond donors (Lipinski definition) is 8. The van der Waals surface area contributed by atoms with Crippen LogP contribution in [0.1, 0.15) is 118 Å². The van der Waals surface area contributed by atoms with E-state index in [2.05, 4.69) is 33.5 Å². The predicted molar refractivity (Wildman–Crippen MR) is 168 cm³/mol. The van der Waals surface area contributed by atoms with E-state index in [9.17, 15) is 39.3 Å². The van der Waals surface area contributed by atoms with Gasteiger partial charge in [-0.1, -0.05) is 84.0 Å². The van der Waals surface area contributed by atoms with Crippen molar-refractivity contribution in [3.05, 3.63) is 0 Å². The first-order chi connectivity index (χ1) is 20.9. The number of carbonyl (C=O) groups excluding carboxylic acids is 5. The Morgan fingerprint density at radius 2 is 1.00 bits per heavy atom. The molecule has 0 saturated carbocycles. The van der Waals surface area contributed by atoms with E-state index in [-0.39, 0.29) is 12.3 Å². The second kappa shape index (κ2) is 24.5. The molecule has 0 aliphatic heterocycles. The van der Waals surface area contributed by atoms with Gasteiger partial charge in [0.25, 0.3) is 0 Å². The van der Waals surface area contributed by atoms with Gasteiger partial charge < -0.3 is 41.9 Å². The molecule has 8 N–H and O–H groups in total. The van der Waals surface area contributed by atoms with Crippen molar-refractivity contribution >= 4 is 29.5 Å². The number of carbonyl (C=O) groups is 5. The molecule has 44 heavy (non-hydrogen) atoms. The van der Waals surface area contributed by atoms with Crippen LogP contribution in [0.3, 0.4) is 0 Å². The van der Waals surface area contributed by atoms with Crippen LogP contribution in [-0.2, 0) is 24.0 Å². The molecule has 0 unspecified atom stereocenters. The summed E-state index contributed by atoms with van der Waals surface area (Å²) in [7, 11) is 1.32. The van der Waals surface area contributed by atoms with Crippen molar-refractivity contribution in [1.29, 1.82) is 0 Å². The van der Waals surface area contributed by atoms with Crippen molar-refractivity contribution in [1.82, 2.24) is 26.6 Å². The highest BCUT2D eigenvalue weighted by Crippen LogP contribution is 2.13. The van der Waals surface area contributed by atoms with E-state index in [1.807, 2.05) is 0 Å². The maximum atomic E-state index is 12.7. The van der Waals surface area contributed by atoms with Crippen LogP contribution in [0.5, 0.6) is 0 Å². The molecule has 0 fully saturated rings. The SMILES string of the molecule is CCCCCCCCCCCCCCCC(=O)N[C@@H](C)C(=O)N[C@@H](CO)C(=O)N[C@H](C(=O)N[C@H](C(=O)NC)[C@@H](C)O)[C@@H](C)O. The van der Waals surface area contributed by atoms with E-state index in [1.54, 1.807) is 0 Å². The highest BCUT2D eigenvalue weighted by atomic mass is 16.3. The fourth-order valence-electron chi connectivity index (χ4n) is 4.64. The largest absolute Gasteiger partial charge is 0.394 e. The quantitative estimate of drug-likeness (QED) is 0.0680. The number of unbranched alkanes of at least 4 members (excludes halogenated alkanes) is 12. The van der Waals surface area contributed by atoms with Crippen LogP contribution in [0, 0.1) is 0 Å². The fraction of sp³-hybridized carbons (Fsp3) is 0.839. The first kappa shape index (κ1) is 41.2. The molecule has 0 aromatic carbocycles. The minimum Gasteiger partial charge on any atom is -0.394 e. The molecule has 0 aromatic rings. The molecule has 0 aromatic heterocycles. The first-order valence-electron chi connectivity index (χ1n) is 16.3. The summed E-state index contributed by atoms with van der Waals surface area (Å²) in [6.07, 6.45) is 13.1. The Labute approximate surface area is 263 Å². The van der Waals surface area contributed by atoms with Gasteiger partial charge >= 0.3 is 0 Å². The summed E-state index contributed by atoms with van der Waals surface area (Å²) in [5.74, 6) is -3.63. The standard InChI is InChI=1S/C31H59N5O8/c1-6-7-8-9-10-11-12-13-14-15-16-17-18-19-25(40)33-21(2)28(41)34-24(20-37)29(42)35-27(23(4)39)31(44)36-26(22(3)38)30(43)32-5/h21-24,26-27,37-39H,6-20H2,1-5H3,(H,32,43)(H,33,40)(H,34,41)(H,35,42)(H,36,44)/t21-,22+,23+,24-,26-,27-/m0/s1. The zero-order chi connectivity index (χ0) is 33.5. The Hall–Kier alpha value is -2.77. The number of aliphatic hydroxyl groups excluding tert-OH is 3. The summed E-state index contributed by atoms with van der Waals surface area (Å²) in [6.45, 7) is 5.37. The lowest BCUT2D eigenvalue weighted by Crippen LogP contribution is -2.62. The number of amides is 5. The highest BCUT2D eigenvalue weighted by molar-refractivity contribution is 5.95. The molecule has 6 atom stereocenters. The van der Waals surface area contributed by atoms with Crippen molar-refractivity contribution in [2.24, 2.45) is 0 Å². The van der Waals surface area contributed by atoms with E-state index in [0.717, 1.165) is 19.3 Å². The topological polar surface area (TPSA) is 206 Å². The second-order valence-electron chi connectivity index (χ2n) is 11.6. The van der Waals surface area contributed by atoms with E-state index >= 15 is 0 Å². The van der Waals surface area contributed by atoms with Crippen molar-refractivity contribution in [2.45, 2.75) is 154 Å². The van der Waals surface area contributed by atoms with Gasteiger partial charge in [-0.2, -0.15) is 0 Å². The minimum atomic E-state index is -1.56. The Balaban J connectivity index is 4.52. The summed E-state index contributed by atoms with van der Waals surface area (Å²) in [5.41, 5.74) is 0. The van der Waals surface area contributed by atoms with Gasteiger partial charge in [0.05, 0.1) is 18.8 Å². The predicted octanol–water partition coefficient (Wildman–Crippen LogP) is 0.927. The lowest BCUT2D eigenvalue weighted by atomic mass is 10.0. The average molecular weight is 630 g/mol. The summed E-state index contributed by atoms with van der Waals surface area (Å²) in [4.78, 5) is 62.3. The third-order valence-electron chi connectivity index (χ3n) is 7.47. The first-order valence-corrected chi connectivity index (χ1v) is 16.3. The zero-order valence-corrected chi connectivity index (χ0v) is 27.5. The molecular formula is C31H59N5O8. The fourth-order valence-corrected chi connectivity index (χ4v) is 4.64. The van der Waals surface area contributed by atoms with Gasteiger partial charge in [0.1, 0.15) is 24.2 Å². The smallest absolute Gasteiger partial charge is 0.245 e.